The minimum absolute atomic E-state index is 0.710. The van der Waals surface area contributed by atoms with Gasteiger partial charge in [0.2, 0.25) is 5.95 Å². The monoisotopic (exact) mass is 371 g/mol. The molecule has 0 bridgehead atoms. The Kier molecular flexibility index (Phi) is 4.90. The number of halogens is 1. The van der Waals surface area contributed by atoms with Gasteiger partial charge in [-0.1, -0.05) is 35.5 Å². The Balaban J connectivity index is 1.68. The zero-order valence-corrected chi connectivity index (χ0v) is 15.2. The molecule has 0 atom stereocenters. The van der Waals surface area contributed by atoms with Crippen LogP contribution in [0.2, 0.25) is 5.02 Å². The van der Waals surface area contributed by atoms with Crippen LogP contribution in [0.1, 0.15) is 18.4 Å². The number of pyridine rings is 1. The van der Waals surface area contributed by atoms with Gasteiger partial charge in [-0.2, -0.15) is 0 Å². The summed E-state index contributed by atoms with van der Waals surface area (Å²) in [5.74, 6) is 1.69. The first-order valence-electron chi connectivity index (χ1n) is 8.29. The number of hydrogen-bond donors (Lipinski definition) is 0. The average molecular weight is 372 g/mol. The van der Waals surface area contributed by atoms with E-state index in [-0.39, 0.29) is 0 Å². The fraction of sp³-hybridized carbons (Fsp3) is 0.278. The van der Waals surface area contributed by atoms with E-state index in [1.165, 1.54) is 12.8 Å². The highest BCUT2D eigenvalue weighted by atomic mass is 35.5. The summed E-state index contributed by atoms with van der Waals surface area (Å²) in [6, 6.07) is 11.9. The molecular formula is C18H18ClN5S. The van der Waals surface area contributed by atoms with Crippen molar-refractivity contribution in [3.8, 4) is 5.69 Å². The van der Waals surface area contributed by atoms with E-state index in [1.807, 2.05) is 36.5 Å². The van der Waals surface area contributed by atoms with Crippen LogP contribution in [0, 0.1) is 0 Å². The molecular weight excluding hydrogens is 354 g/mol. The van der Waals surface area contributed by atoms with Crippen LogP contribution in [0.3, 0.4) is 0 Å². The van der Waals surface area contributed by atoms with Crippen LogP contribution >= 0.6 is 23.4 Å². The number of hydrogen-bond acceptors (Lipinski definition) is 5. The minimum atomic E-state index is 0.710. The second-order valence-electron chi connectivity index (χ2n) is 5.94. The van der Waals surface area contributed by atoms with Gasteiger partial charge in [-0.25, -0.2) is 0 Å². The normalized spacial score (nSPS) is 14.2. The molecule has 0 N–H and O–H groups in total. The van der Waals surface area contributed by atoms with Crippen LogP contribution in [-0.2, 0) is 5.75 Å². The van der Waals surface area contributed by atoms with Crippen molar-refractivity contribution >= 4 is 29.3 Å². The average Bonchev–Trinajstić information content (AvgIpc) is 3.30. The molecule has 7 heteroatoms. The van der Waals surface area contributed by atoms with Gasteiger partial charge in [0.05, 0.1) is 5.69 Å². The smallest absolute Gasteiger partial charge is 0.232 e. The molecule has 0 spiro atoms. The number of nitrogens with zero attached hydrogens (tertiary/aromatic N) is 5. The largest absolute Gasteiger partial charge is 0.341 e. The van der Waals surface area contributed by atoms with Gasteiger partial charge in [-0.05, 0) is 42.7 Å². The molecule has 0 radical (unpaired) electrons. The van der Waals surface area contributed by atoms with Gasteiger partial charge in [0, 0.05) is 36.3 Å². The Bertz CT molecular complexity index is 846. The molecule has 1 fully saturated rings. The fourth-order valence-corrected chi connectivity index (χ4v) is 4.02. The summed E-state index contributed by atoms with van der Waals surface area (Å²) >= 11 is 7.88. The van der Waals surface area contributed by atoms with Gasteiger partial charge in [0.1, 0.15) is 0 Å². The van der Waals surface area contributed by atoms with Crippen LogP contribution in [0.25, 0.3) is 5.69 Å². The van der Waals surface area contributed by atoms with Gasteiger partial charge in [-0.3, -0.25) is 9.55 Å². The molecule has 128 valence electrons. The first kappa shape index (κ1) is 16.4. The van der Waals surface area contributed by atoms with Gasteiger partial charge in [0.15, 0.2) is 5.16 Å². The van der Waals surface area contributed by atoms with E-state index >= 15 is 0 Å². The van der Waals surface area contributed by atoms with E-state index < -0.39 is 0 Å². The van der Waals surface area contributed by atoms with Crippen LogP contribution in [0.4, 0.5) is 5.95 Å². The van der Waals surface area contributed by atoms with Crippen molar-refractivity contribution in [3.05, 3.63) is 59.4 Å². The molecule has 0 amide bonds. The summed E-state index contributed by atoms with van der Waals surface area (Å²) < 4.78 is 2.11. The van der Waals surface area contributed by atoms with Crippen molar-refractivity contribution in [3.63, 3.8) is 0 Å². The number of anilines is 1. The summed E-state index contributed by atoms with van der Waals surface area (Å²) in [5.41, 5.74) is 2.16. The molecule has 1 aliphatic heterocycles. The highest BCUT2D eigenvalue weighted by molar-refractivity contribution is 7.98. The molecule has 1 aliphatic rings. The zero-order valence-electron chi connectivity index (χ0n) is 13.7. The second-order valence-corrected chi connectivity index (χ2v) is 7.32. The van der Waals surface area contributed by atoms with Gasteiger partial charge >= 0.3 is 0 Å². The molecule has 0 unspecified atom stereocenters. The first-order valence-corrected chi connectivity index (χ1v) is 9.65. The Morgan fingerprint density at radius 3 is 2.72 bits per heavy atom. The highest BCUT2D eigenvalue weighted by Crippen LogP contribution is 2.30. The number of benzene rings is 1. The van der Waals surface area contributed by atoms with Crippen molar-refractivity contribution in [1.29, 1.82) is 0 Å². The number of aromatic nitrogens is 4. The van der Waals surface area contributed by atoms with Crippen LogP contribution in [0.5, 0.6) is 0 Å². The lowest BCUT2D eigenvalue weighted by Gasteiger charge is -2.18. The zero-order chi connectivity index (χ0) is 17.1. The molecule has 25 heavy (non-hydrogen) atoms. The third-order valence-electron chi connectivity index (χ3n) is 4.16. The SMILES string of the molecule is Clc1cccc(-n2c(SCc3cccnc3)nnc2N2CCCC2)c1. The topological polar surface area (TPSA) is 46.8 Å². The molecule has 5 nitrogen and oxygen atoms in total. The van der Waals surface area contributed by atoms with Crippen molar-refractivity contribution in [1.82, 2.24) is 19.7 Å². The predicted octanol–water partition coefficient (Wildman–Crippen LogP) is 4.21. The van der Waals surface area contributed by atoms with Crippen LogP contribution < -0.4 is 4.90 Å². The van der Waals surface area contributed by atoms with E-state index in [0.717, 1.165) is 41.2 Å². The van der Waals surface area contributed by atoms with E-state index in [0.29, 0.717) is 5.02 Å². The molecule has 1 saturated heterocycles. The van der Waals surface area contributed by atoms with Crippen molar-refractivity contribution in [2.45, 2.75) is 23.8 Å². The number of rotatable bonds is 5. The standard InChI is InChI=1S/C18H18ClN5S/c19-15-6-3-7-16(11-15)24-17(23-9-1-2-10-23)21-22-18(24)25-13-14-5-4-8-20-12-14/h3-8,11-12H,1-2,9-10,13H2. The Morgan fingerprint density at radius 1 is 1.08 bits per heavy atom. The minimum Gasteiger partial charge on any atom is -0.341 e. The Hall–Kier alpha value is -2.05. The summed E-state index contributed by atoms with van der Waals surface area (Å²) in [7, 11) is 0. The maximum atomic E-state index is 6.22. The van der Waals surface area contributed by atoms with E-state index in [1.54, 1.807) is 18.0 Å². The Labute approximate surface area is 156 Å². The second kappa shape index (κ2) is 7.45. The molecule has 3 heterocycles. The van der Waals surface area contributed by atoms with E-state index in [9.17, 15) is 0 Å². The van der Waals surface area contributed by atoms with Crippen molar-refractivity contribution in [2.24, 2.45) is 0 Å². The van der Waals surface area contributed by atoms with Crippen molar-refractivity contribution < 1.29 is 0 Å². The van der Waals surface area contributed by atoms with Gasteiger partial charge < -0.3 is 4.90 Å². The lowest BCUT2D eigenvalue weighted by molar-refractivity contribution is 0.841. The predicted molar refractivity (Wildman–Crippen MR) is 102 cm³/mol. The van der Waals surface area contributed by atoms with Gasteiger partial charge in [-0.15, -0.1) is 10.2 Å². The Morgan fingerprint density at radius 2 is 1.96 bits per heavy atom. The lowest BCUT2D eigenvalue weighted by atomic mass is 10.3. The quantitative estimate of drug-likeness (QED) is 0.629. The third kappa shape index (κ3) is 3.65. The number of thioether (sulfide) groups is 1. The summed E-state index contributed by atoms with van der Waals surface area (Å²) in [4.78, 5) is 6.47. The summed E-state index contributed by atoms with van der Waals surface area (Å²) in [6.45, 7) is 2.04. The van der Waals surface area contributed by atoms with Crippen molar-refractivity contribution in [2.75, 3.05) is 18.0 Å². The molecule has 3 aromatic rings. The molecule has 0 aliphatic carbocycles. The first-order chi connectivity index (χ1) is 12.3. The van der Waals surface area contributed by atoms with Crippen LogP contribution in [-0.4, -0.2) is 32.8 Å². The van der Waals surface area contributed by atoms with Crippen LogP contribution in [0.15, 0.2) is 53.9 Å². The molecule has 1 aromatic carbocycles. The van der Waals surface area contributed by atoms with E-state index in [4.69, 9.17) is 11.6 Å². The summed E-state index contributed by atoms with van der Waals surface area (Å²) in [6.07, 6.45) is 6.06. The van der Waals surface area contributed by atoms with E-state index in [2.05, 4.69) is 30.7 Å². The van der Waals surface area contributed by atoms with Gasteiger partial charge in [0.25, 0.3) is 0 Å². The molecule has 0 saturated carbocycles. The third-order valence-corrected chi connectivity index (χ3v) is 5.40. The summed E-state index contributed by atoms with van der Waals surface area (Å²) in [5, 5.41) is 10.5. The lowest BCUT2D eigenvalue weighted by Crippen LogP contribution is -2.22. The molecule has 4 rings (SSSR count). The maximum Gasteiger partial charge on any atom is 0.232 e. The maximum absolute atomic E-state index is 6.22. The fourth-order valence-electron chi connectivity index (χ4n) is 2.95. The molecule has 2 aromatic heterocycles. The highest BCUT2D eigenvalue weighted by Gasteiger charge is 2.22.